The lowest BCUT2D eigenvalue weighted by Gasteiger charge is -2.25. The van der Waals surface area contributed by atoms with E-state index in [2.05, 4.69) is 10.3 Å². The minimum Gasteiger partial charge on any atom is -0.493 e. The summed E-state index contributed by atoms with van der Waals surface area (Å²) in [5, 5.41) is 2.79. The highest BCUT2D eigenvalue weighted by Gasteiger charge is 2.27. The van der Waals surface area contributed by atoms with Crippen molar-refractivity contribution in [3.63, 3.8) is 0 Å². The minimum atomic E-state index is -0.235. The van der Waals surface area contributed by atoms with Crippen LogP contribution in [0.1, 0.15) is 17.9 Å². The van der Waals surface area contributed by atoms with Crippen LogP contribution in [0.4, 0.5) is 11.5 Å². The number of rotatable bonds is 2. The molecule has 1 aromatic carbocycles. The first-order chi connectivity index (χ1) is 9.75. The van der Waals surface area contributed by atoms with Gasteiger partial charge in [0.05, 0.1) is 18.2 Å². The molecule has 0 radical (unpaired) electrons. The molecule has 0 aliphatic carbocycles. The fourth-order valence-electron chi connectivity index (χ4n) is 2.34. The molecule has 3 rings (SSSR count). The van der Waals surface area contributed by atoms with Crippen LogP contribution in [-0.4, -0.2) is 17.5 Å². The summed E-state index contributed by atoms with van der Waals surface area (Å²) >= 11 is 0. The summed E-state index contributed by atoms with van der Waals surface area (Å²) in [4.78, 5) is 16.5. The van der Waals surface area contributed by atoms with Crippen LogP contribution in [0.5, 0.6) is 5.75 Å². The van der Waals surface area contributed by atoms with Crippen molar-refractivity contribution in [1.29, 1.82) is 0 Å². The van der Waals surface area contributed by atoms with Gasteiger partial charge in [0.15, 0.2) is 5.82 Å². The smallest absolute Gasteiger partial charge is 0.233 e. The zero-order chi connectivity index (χ0) is 13.9. The quantitative estimate of drug-likeness (QED) is 0.876. The Balaban J connectivity index is 1.84. The van der Waals surface area contributed by atoms with Crippen molar-refractivity contribution in [1.82, 2.24) is 4.98 Å². The molecular formula is C15H15N3O2. The summed E-state index contributed by atoms with van der Waals surface area (Å²) in [6.07, 6.45) is 2.25. The number of nitrogens with zero attached hydrogens (tertiary/aromatic N) is 1. The molecule has 0 spiro atoms. The molecule has 1 atom stereocenters. The van der Waals surface area contributed by atoms with E-state index in [1.807, 2.05) is 24.3 Å². The molecule has 5 heteroatoms. The van der Waals surface area contributed by atoms with Crippen LogP contribution < -0.4 is 15.8 Å². The molecular weight excluding hydrogens is 254 g/mol. The molecule has 1 unspecified atom stereocenters. The molecule has 1 aliphatic rings. The lowest BCUT2D eigenvalue weighted by atomic mass is 9.92. The van der Waals surface area contributed by atoms with Crippen molar-refractivity contribution in [3.8, 4) is 5.75 Å². The van der Waals surface area contributed by atoms with Gasteiger partial charge in [-0.1, -0.05) is 18.2 Å². The summed E-state index contributed by atoms with van der Waals surface area (Å²) in [6.45, 7) is 0.535. The highest BCUT2D eigenvalue weighted by atomic mass is 16.5. The van der Waals surface area contributed by atoms with Gasteiger partial charge in [-0.15, -0.1) is 0 Å². The Morgan fingerprint density at radius 2 is 2.15 bits per heavy atom. The van der Waals surface area contributed by atoms with Crippen LogP contribution >= 0.6 is 0 Å². The zero-order valence-electron chi connectivity index (χ0n) is 10.9. The highest BCUT2D eigenvalue weighted by molar-refractivity contribution is 5.97. The van der Waals surface area contributed by atoms with Gasteiger partial charge < -0.3 is 15.8 Å². The number of hydrogen-bond acceptors (Lipinski definition) is 4. The average molecular weight is 269 g/mol. The van der Waals surface area contributed by atoms with Gasteiger partial charge in [-0.2, -0.15) is 0 Å². The van der Waals surface area contributed by atoms with Crippen LogP contribution in [0.2, 0.25) is 0 Å². The van der Waals surface area contributed by atoms with Crippen LogP contribution in [0, 0.1) is 0 Å². The maximum atomic E-state index is 12.4. The Kier molecular flexibility index (Phi) is 3.25. The third-order valence-corrected chi connectivity index (χ3v) is 3.36. The fraction of sp³-hybridized carbons (Fsp3) is 0.200. The maximum absolute atomic E-state index is 12.4. The minimum absolute atomic E-state index is 0.105. The summed E-state index contributed by atoms with van der Waals surface area (Å²) in [5.74, 6) is 0.835. The molecule has 20 heavy (non-hydrogen) atoms. The number of ether oxygens (including phenoxy) is 1. The summed E-state index contributed by atoms with van der Waals surface area (Å²) < 4.78 is 5.56. The van der Waals surface area contributed by atoms with Gasteiger partial charge in [-0.25, -0.2) is 4.98 Å². The normalized spacial score (nSPS) is 16.9. The standard InChI is InChI=1S/C15H15N3O2/c16-12-5-3-8-17-14(12)18-15(19)11-7-9-20-13-6-2-1-4-10(11)13/h1-6,8,11H,7,9,16H2,(H,17,18,19). The molecule has 2 aromatic rings. The number of carbonyl (C=O) groups is 1. The number of benzene rings is 1. The van der Waals surface area contributed by atoms with Gasteiger partial charge in [0.1, 0.15) is 5.75 Å². The van der Waals surface area contributed by atoms with E-state index in [1.165, 1.54) is 0 Å². The van der Waals surface area contributed by atoms with Crippen molar-refractivity contribution < 1.29 is 9.53 Å². The second-order valence-corrected chi connectivity index (χ2v) is 4.66. The lowest BCUT2D eigenvalue weighted by molar-refractivity contribution is -0.118. The zero-order valence-corrected chi connectivity index (χ0v) is 10.9. The second kappa shape index (κ2) is 5.21. The molecule has 0 bridgehead atoms. The molecule has 2 heterocycles. The lowest BCUT2D eigenvalue weighted by Crippen LogP contribution is -2.27. The van der Waals surface area contributed by atoms with Gasteiger partial charge in [0.25, 0.3) is 0 Å². The Labute approximate surface area is 116 Å². The van der Waals surface area contributed by atoms with Gasteiger partial charge >= 0.3 is 0 Å². The molecule has 1 amide bonds. The second-order valence-electron chi connectivity index (χ2n) is 4.66. The number of carbonyl (C=O) groups excluding carboxylic acids is 1. The number of anilines is 2. The molecule has 1 aromatic heterocycles. The third kappa shape index (κ3) is 2.30. The monoisotopic (exact) mass is 269 g/mol. The first kappa shape index (κ1) is 12.5. The van der Waals surface area contributed by atoms with Gasteiger partial charge in [-0.05, 0) is 24.6 Å². The number of hydrogen-bond donors (Lipinski definition) is 2. The molecule has 0 saturated heterocycles. The number of fused-ring (bicyclic) bond motifs is 1. The van der Waals surface area contributed by atoms with Crippen LogP contribution in [-0.2, 0) is 4.79 Å². The van der Waals surface area contributed by atoms with Crippen LogP contribution in [0.25, 0.3) is 0 Å². The van der Waals surface area contributed by atoms with E-state index in [0.717, 1.165) is 11.3 Å². The molecule has 3 N–H and O–H groups in total. The number of nitrogen functional groups attached to an aromatic ring is 1. The van der Waals surface area contributed by atoms with Crippen molar-refractivity contribution in [3.05, 3.63) is 48.2 Å². The number of aromatic nitrogens is 1. The molecule has 102 valence electrons. The fourth-order valence-corrected chi connectivity index (χ4v) is 2.34. The van der Waals surface area contributed by atoms with Gasteiger partial charge in [-0.3, -0.25) is 4.79 Å². The number of amides is 1. The maximum Gasteiger partial charge on any atom is 0.233 e. The summed E-state index contributed by atoms with van der Waals surface area (Å²) in [6, 6.07) is 11.0. The topological polar surface area (TPSA) is 77.2 Å². The van der Waals surface area contributed by atoms with Gasteiger partial charge in [0.2, 0.25) is 5.91 Å². The largest absolute Gasteiger partial charge is 0.493 e. The van der Waals surface area contributed by atoms with Crippen molar-refractivity contribution in [2.24, 2.45) is 0 Å². The summed E-state index contributed by atoms with van der Waals surface area (Å²) in [5.41, 5.74) is 7.16. The molecule has 0 saturated carbocycles. The highest BCUT2D eigenvalue weighted by Crippen LogP contribution is 2.34. The van der Waals surface area contributed by atoms with E-state index in [9.17, 15) is 4.79 Å². The Hall–Kier alpha value is -2.56. The van der Waals surface area contributed by atoms with Crippen LogP contribution in [0.3, 0.4) is 0 Å². The van der Waals surface area contributed by atoms with E-state index in [-0.39, 0.29) is 11.8 Å². The Morgan fingerprint density at radius 1 is 1.30 bits per heavy atom. The predicted octanol–water partition coefficient (Wildman–Crippen LogP) is 2.17. The number of nitrogens with two attached hydrogens (primary N) is 1. The van der Waals surface area contributed by atoms with Crippen LogP contribution in [0.15, 0.2) is 42.6 Å². The average Bonchev–Trinajstić information content (AvgIpc) is 2.49. The van der Waals surface area contributed by atoms with E-state index in [0.29, 0.717) is 24.5 Å². The van der Waals surface area contributed by atoms with Crippen molar-refractivity contribution in [2.45, 2.75) is 12.3 Å². The predicted molar refractivity (Wildman–Crippen MR) is 76.6 cm³/mol. The van der Waals surface area contributed by atoms with Crippen molar-refractivity contribution >= 4 is 17.4 Å². The summed E-state index contributed by atoms with van der Waals surface area (Å²) in [7, 11) is 0. The van der Waals surface area contributed by atoms with E-state index < -0.39 is 0 Å². The first-order valence-electron chi connectivity index (χ1n) is 6.49. The van der Waals surface area contributed by atoms with E-state index in [4.69, 9.17) is 10.5 Å². The molecule has 5 nitrogen and oxygen atoms in total. The van der Waals surface area contributed by atoms with Crippen molar-refractivity contribution in [2.75, 3.05) is 17.7 Å². The van der Waals surface area contributed by atoms with Gasteiger partial charge in [0, 0.05) is 11.8 Å². The number of para-hydroxylation sites is 1. The Morgan fingerprint density at radius 3 is 3.00 bits per heavy atom. The number of nitrogens with one attached hydrogen (secondary N) is 1. The number of pyridine rings is 1. The Bertz CT molecular complexity index is 643. The SMILES string of the molecule is Nc1cccnc1NC(=O)C1CCOc2ccccc21. The first-order valence-corrected chi connectivity index (χ1v) is 6.49. The van der Waals surface area contributed by atoms with E-state index >= 15 is 0 Å². The third-order valence-electron chi connectivity index (χ3n) is 3.36. The molecule has 0 fully saturated rings. The van der Waals surface area contributed by atoms with E-state index in [1.54, 1.807) is 18.3 Å². The molecule has 1 aliphatic heterocycles.